The van der Waals surface area contributed by atoms with Gasteiger partial charge in [-0.15, -0.1) is 0 Å². The van der Waals surface area contributed by atoms with E-state index in [0.717, 1.165) is 11.1 Å². The number of carbonyl (C=O) groups excluding carboxylic acids is 1. The summed E-state index contributed by atoms with van der Waals surface area (Å²) in [5.41, 5.74) is 2.06. The van der Waals surface area contributed by atoms with Gasteiger partial charge in [0.15, 0.2) is 5.58 Å². The second kappa shape index (κ2) is 7.43. The van der Waals surface area contributed by atoms with Crippen molar-refractivity contribution in [1.29, 1.82) is 0 Å². The number of fused-ring (bicyclic) bond motifs is 1. The number of hydrogen-bond acceptors (Lipinski definition) is 6. The number of aromatic nitrogens is 1. The molecule has 0 aliphatic carbocycles. The molecule has 0 atom stereocenters. The van der Waals surface area contributed by atoms with Crippen LogP contribution >= 0.6 is 0 Å². The number of rotatable bonds is 7. The molecule has 0 aliphatic heterocycles. The first-order valence-corrected chi connectivity index (χ1v) is 7.72. The quantitative estimate of drug-likeness (QED) is 0.388. The molecule has 0 bridgehead atoms. The molecule has 128 valence electrons. The van der Waals surface area contributed by atoms with Crippen molar-refractivity contribution in [3.8, 4) is 0 Å². The highest BCUT2D eigenvalue weighted by Crippen LogP contribution is 2.18. The van der Waals surface area contributed by atoms with Gasteiger partial charge in [-0.2, -0.15) is 0 Å². The van der Waals surface area contributed by atoms with Gasteiger partial charge in [-0.3, -0.25) is 14.9 Å². The molecule has 25 heavy (non-hydrogen) atoms. The molecule has 0 saturated heterocycles. The zero-order valence-corrected chi connectivity index (χ0v) is 13.3. The first-order chi connectivity index (χ1) is 12.1. The summed E-state index contributed by atoms with van der Waals surface area (Å²) in [5, 5.41) is 21.2. The molecular weight excluding hydrogens is 324 g/mol. The van der Waals surface area contributed by atoms with Crippen molar-refractivity contribution in [2.75, 3.05) is 18.4 Å². The third-order valence-electron chi connectivity index (χ3n) is 3.63. The zero-order valence-electron chi connectivity index (χ0n) is 13.3. The standard InChI is InChI=1S/C17H16N4O4/c22-17(11-15-14-3-1-2-4-16(14)25-20-15)19-10-9-18-12-5-7-13(8-6-12)21(23)24/h1-8,18H,9-11H2,(H,19,22). The summed E-state index contributed by atoms with van der Waals surface area (Å²) in [7, 11) is 0. The normalized spacial score (nSPS) is 10.6. The number of benzene rings is 2. The highest BCUT2D eigenvalue weighted by atomic mass is 16.6. The van der Waals surface area contributed by atoms with E-state index in [1.807, 2.05) is 18.2 Å². The minimum Gasteiger partial charge on any atom is -0.383 e. The van der Waals surface area contributed by atoms with Crippen LogP contribution in [0.1, 0.15) is 5.69 Å². The van der Waals surface area contributed by atoms with E-state index < -0.39 is 4.92 Å². The van der Waals surface area contributed by atoms with E-state index in [0.29, 0.717) is 24.4 Å². The lowest BCUT2D eigenvalue weighted by Crippen LogP contribution is -2.30. The Labute approximate surface area is 143 Å². The Balaban J connectivity index is 1.44. The molecule has 0 radical (unpaired) electrons. The average Bonchev–Trinajstić information content (AvgIpc) is 3.02. The summed E-state index contributed by atoms with van der Waals surface area (Å²) in [6.45, 7) is 0.925. The van der Waals surface area contributed by atoms with Crippen LogP contribution < -0.4 is 10.6 Å². The summed E-state index contributed by atoms with van der Waals surface area (Å²) < 4.78 is 5.17. The number of carbonyl (C=O) groups is 1. The smallest absolute Gasteiger partial charge is 0.269 e. The molecule has 3 aromatic rings. The van der Waals surface area contributed by atoms with Gasteiger partial charge >= 0.3 is 0 Å². The van der Waals surface area contributed by atoms with Crippen LogP contribution in [0.25, 0.3) is 11.0 Å². The number of nitrogens with zero attached hydrogens (tertiary/aromatic N) is 2. The van der Waals surface area contributed by atoms with Gasteiger partial charge in [-0.05, 0) is 24.3 Å². The molecule has 8 nitrogen and oxygen atoms in total. The van der Waals surface area contributed by atoms with E-state index in [1.165, 1.54) is 12.1 Å². The monoisotopic (exact) mass is 340 g/mol. The van der Waals surface area contributed by atoms with Crippen molar-refractivity contribution < 1.29 is 14.2 Å². The lowest BCUT2D eigenvalue weighted by molar-refractivity contribution is -0.384. The van der Waals surface area contributed by atoms with Crippen LogP contribution in [0.2, 0.25) is 0 Å². The number of nitro benzene ring substituents is 1. The number of nitro groups is 1. The van der Waals surface area contributed by atoms with E-state index >= 15 is 0 Å². The Hall–Kier alpha value is -3.42. The third-order valence-corrected chi connectivity index (χ3v) is 3.63. The van der Waals surface area contributed by atoms with Crippen LogP contribution in [-0.2, 0) is 11.2 Å². The Morgan fingerprint density at radius 1 is 1.12 bits per heavy atom. The lowest BCUT2D eigenvalue weighted by Gasteiger charge is -2.07. The van der Waals surface area contributed by atoms with E-state index in [2.05, 4.69) is 15.8 Å². The number of amides is 1. The van der Waals surface area contributed by atoms with Gasteiger partial charge in [-0.1, -0.05) is 17.3 Å². The number of anilines is 1. The molecule has 1 aromatic heterocycles. The van der Waals surface area contributed by atoms with E-state index in [1.54, 1.807) is 18.2 Å². The lowest BCUT2D eigenvalue weighted by atomic mass is 10.1. The Morgan fingerprint density at radius 2 is 1.88 bits per heavy atom. The summed E-state index contributed by atoms with van der Waals surface area (Å²) in [6.07, 6.45) is 0.147. The van der Waals surface area contributed by atoms with Gasteiger partial charge < -0.3 is 15.2 Å². The van der Waals surface area contributed by atoms with Crippen molar-refractivity contribution in [2.45, 2.75) is 6.42 Å². The molecule has 3 rings (SSSR count). The van der Waals surface area contributed by atoms with Gasteiger partial charge in [0, 0.05) is 36.3 Å². The number of hydrogen-bond donors (Lipinski definition) is 2. The van der Waals surface area contributed by atoms with E-state index in [4.69, 9.17) is 4.52 Å². The molecule has 0 fully saturated rings. The van der Waals surface area contributed by atoms with Crippen LogP contribution in [0.15, 0.2) is 53.1 Å². The summed E-state index contributed by atoms with van der Waals surface area (Å²) >= 11 is 0. The molecule has 0 unspecified atom stereocenters. The molecule has 8 heteroatoms. The van der Waals surface area contributed by atoms with Crippen LogP contribution in [0.5, 0.6) is 0 Å². The highest BCUT2D eigenvalue weighted by Gasteiger charge is 2.11. The zero-order chi connectivity index (χ0) is 17.6. The van der Waals surface area contributed by atoms with Crippen LogP contribution in [0.4, 0.5) is 11.4 Å². The SMILES string of the molecule is O=C(Cc1noc2ccccc12)NCCNc1ccc([N+](=O)[O-])cc1. The van der Waals surface area contributed by atoms with Crippen LogP contribution in [0, 0.1) is 10.1 Å². The fraction of sp³-hybridized carbons (Fsp3) is 0.176. The summed E-state index contributed by atoms with van der Waals surface area (Å²) in [5.74, 6) is -0.149. The first kappa shape index (κ1) is 16.4. The average molecular weight is 340 g/mol. The van der Waals surface area contributed by atoms with Crippen molar-refractivity contribution in [3.05, 3.63) is 64.3 Å². The molecule has 1 amide bonds. The van der Waals surface area contributed by atoms with Gasteiger partial charge in [0.25, 0.3) is 5.69 Å². The van der Waals surface area contributed by atoms with Crippen LogP contribution in [-0.4, -0.2) is 29.1 Å². The Bertz CT molecular complexity index is 889. The van der Waals surface area contributed by atoms with Crippen LogP contribution in [0.3, 0.4) is 0 Å². The molecule has 1 heterocycles. The second-order valence-corrected chi connectivity index (χ2v) is 5.38. The van der Waals surface area contributed by atoms with Crippen molar-refractivity contribution >= 4 is 28.3 Å². The molecular formula is C17H16N4O4. The minimum absolute atomic E-state index is 0.0405. The van der Waals surface area contributed by atoms with Crippen molar-refractivity contribution in [3.63, 3.8) is 0 Å². The second-order valence-electron chi connectivity index (χ2n) is 5.38. The molecule has 0 aliphatic rings. The van der Waals surface area contributed by atoms with Gasteiger partial charge in [0.2, 0.25) is 5.91 Å². The summed E-state index contributed by atoms with van der Waals surface area (Å²) in [4.78, 5) is 22.1. The predicted octanol–water partition coefficient (Wildman–Crippen LogP) is 2.51. The minimum atomic E-state index is -0.447. The Kier molecular flexibility index (Phi) is 4.89. The first-order valence-electron chi connectivity index (χ1n) is 7.72. The largest absolute Gasteiger partial charge is 0.383 e. The third kappa shape index (κ3) is 4.11. The number of para-hydroxylation sites is 1. The molecule has 0 saturated carbocycles. The number of non-ortho nitro benzene ring substituents is 1. The fourth-order valence-corrected chi connectivity index (χ4v) is 2.39. The van der Waals surface area contributed by atoms with Gasteiger partial charge in [-0.25, -0.2) is 0 Å². The van der Waals surface area contributed by atoms with Gasteiger partial charge in [0.05, 0.1) is 11.3 Å². The van der Waals surface area contributed by atoms with E-state index in [-0.39, 0.29) is 18.0 Å². The molecule has 2 N–H and O–H groups in total. The summed E-state index contributed by atoms with van der Waals surface area (Å²) in [6, 6.07) is 13.5. The predicted molar refractivity (Wildman–Crippen MR) is 92.3 cm³/mol. The topological polar surface area (TPSA) is 110 Å². The maximum atomic E-state index is 12.0. The maximum Gasteiger partial charge on any atom is 0.269 e. The van der Waals surface area contributed by atoms with E-state index in [9.17, 15) is 14.9 Å². The van der Waals surface area contributed by atoms with Crippen molar-refractivity contribution in [2.24, 2.45) is 0 Å². The fourth-order valence-electron chi connectivity index (χ4n) is 2.39. The van der Waals surface area contributed by atoms with Gasteiger partial charge in [0.1, 0.15) is 5.69 Å². The maximum absolute atomic E-state index is 12.0. The molecule has 2 aromatic carbocycles. The van der Waals surface area contributed by atoms with Crippen molar-refractivity contribution in [1.82, 2.24) is 10.5 Å². The molecule has 0 spiro atoms. The highest BCUT2D eigenvalue weighted by molar-refractivity contribution is 5.86. The number of nitrogens with one attached hydrogen (secondary N) is 2. The Morgan fingerprint density at radius 3 is 2.64 bits per heavy atom.